The van der Waals surface area contributed by atoms with Crippen LogP contribution in [0.4, 0.5) is 0 Å². The van der Waals surface area contributed by atoms with Crippen molar-refractivity contribution in [2.45, 2.75) is 31.8 Å². The third-order valence-electron chi connectivity index (χ3n) is 7.13. The topological polar surface area (TPSA) is 36.0 Å². The standard InChI is InChI=1S/C20H25N2O/c1-3-12-10-22(2)18-9-15-13-6-4-5-7-17(13)21-20(15)19(22)8-14(12)16(18)11-23/h3-7,14,16,18-19,21,23H,8-11H2,1-2H3/q+1/b12-3-/t14-,16-,18+,19-,22?/m0/s1. The monoisotopic (exact) mass is 309 g/mol. The molecule has 1 aromatic heterocycles. The quantitative estimate of drug-likeness (QED) is 0.616. The molecule has 3 nitrogen and oxygen atoms in total. The zero-order chi connectivity index (χ0) is 15.8. The first-order valence-corrected chi connectivity index (χ1v) is 8.87. The Morgan fingerprint density at radius 3 is 2.96 bits per heavy atom. The molecule has 4 bridgehead atoms. The molecule has 6 rings (SSSR count). The first kappa shape index (κ1) is 13.8. The molecular formula is C20H25N2O+. The fourth-order valence-corrected chi connectivity index (χ4v) is 6.02. The number of piperidine rings is 3. The van der Waals surface area contributed by atoms with Gasteiger partial charge in [0.25, 0.3) is 0 Å². The van der Waals surface area contributed by atoms with Crippen molar-refractivity contribution in [3.8, 4) is 0 Å². The maximum absolute atomic E-state index is 10.1. The van der Waals surface area contributed by atoms with Gasteiger partial charge in [-0.3, -0.25) is 0 Å². The zero-order valence-electron chi connectivity index (χ0n) is 13.9. The Kier molecular flexibility index (Phi) is 2.70. The summed E-state index contributed by atoms with van der Waals surface area (Å²) in [4.78, 5) is 3.75. The lowest BCUT2D eigenvalue weighted by molar-refractivity contribution is -0.978. The minimum absolute atomic E-state index is 0.324. The molecule has 4 aliphatic rings. The molecule has 0 spiro atoms. The summed E-state index contributed by atoms with van der Waals surface area (Å²) in [7, 11) is 2.42. The molecular weight excluding hydrogens is 284 g/mol. The number of hydrogen-bond donors (Lipinski definition) is 2. The molecule has 3 fully saturated rings. The largest absolute Gasteiger partial charge is 0.396 e. The summed E-state index contributed by atoms with van der Waals surface area (Å²) in [6.45, 7) is 3.65. The lowest BCUT2D eigenvalue weighted by Gasteiger charge is -2.62. The van der Waals surface area contributed by atoms with Crippen LogP contribution in [-0.2, 0) is 6.42 Å². The summed E-state index contributed by atoms with van der Waals surface area (Å²) >= 11 is 0. The zero-order valence-corrected chi connectivity index (χ0v) is 13.9. The number of aromatic amines is 1. The van der Waals surface area contributed by atoms with Crippen molar-refractivity contribution in [3.05, 3.63) is 47.2 Å². The number of H-pyrrole nitrogens is 1. The normalized spacial score (nSPS) is 39.9. The molecule has 3 heteroatoms. The highest BCUT2D eigenvalue weighted by Crippen LogP contribution is 2.57. The third kappa shape index (κ3) is 1.57. The molecule has 2 N–H and O–H groups in total. The maximum atomic E-state index is 10.1. The molecule has 5 atom stereocenters. The van der Waals surface area contributed by atoms with E-state index in [1.54, 1.807) is 5.57 Å². The SMILES string of the molecule is C/C=C1/C[N+]2(C)[C@@H]3Cc4c([nH]c5ccccc45)[C@@H]2C[C@@H]1[C@@H]3CO. The third-order valence-corrected chi connectivity index (χ3v) is 7.13. The average molecular weight is 309 g/mol. The molecule has 23 heavy (non-hydrogen) atoms. The summed E-state index contributed by atoms with van der Waals surface area (Å²) in [5, 5.41) is 11.5. The number of para-hydroxylation sites is 1. The van der Waals surface area contributed by atoms with Gasteiger partial charge in [0.2, 0.25) is 0 Å². The van der Waals surface area contributed by atoms with E-state index in [0.29, 0.717) is 30.5 Å². The van der Waals surface area contributed by atoms with E-state index in [-0.39, 0.29) is 0 Å². The molecule has 0 radical (unpaired) electrons. The Morgan fingerprint density at radius 2 is 2.17 bits per heavy atom. The van der Waals surface area contributed by atoms with Gasteiger partial charge in [-0.05, 0) is 24.1 Å². The fourth-order valence-electron chi connectivity index (χ4n) is 6.02. The maximum Gasteiger partial charge on any atom is 0.131 e. The Balaban J connectivity index is 1.73. The summed E-state index contributed by atoms with van der Waals surface area (Å²) in [5.41, 5.74) is 5.84. The molecule has 0 amide bonds. The fraction of sp³-hybridized carbons (Fsp3) is 0.500. The molecule has 1 aromatic carbocycles. The predicted octanol–water partition coefficient (Wildman–Crippen LogP) is 3.17. The van der Waals surface area contributed by atoms with Crippen LogP contribution < -0.4 is 0 Å². The van der Waals surface area contributed by atoms with Crippen molar-refractivity contribution in [1.82, 2.24) is 4.98 Å². The van der Waals surface area contributed by atoms with Crippen LogP contribution in [0, 0.1) is 11.8 Å². The van der Waals surface area contributed by atoms with E-state index < -0.39 is 0 Å². The summed E-state index contributed by atoms with van der Waals surface area (Å²) < 4.78 is 1.08. The number of likely N-dealkylation sites (N-methyl/N-ethyl adjacent to an activating group) is 1. The number of rotatable bonds is 1. The highest BCUT2D eigenvalue weighted by Gasteiger charge is 2.61. The van der Waals surface area contributed by atoms with E-state index in [2.05, 4.69) is 49.3 Å². The van der Waals surface area contributed by atoms with Crippen molar-refractivity contribution in [2.24, 2.45) is 11.8 Å². The van der Waals surface area contributed by atoms with Gasteiger partial charge >= 0.3 is 0 Å². The Labute approximate surface area is 137 Å². The number of hydrogen-bond acceptors (Lipinski definition) is 1. The van der Waals surface area contributed by atoms with E-state index in [4.69, 9.17) is 0 Å². The van der Waals surface area contributed by atoms with Crippen molar-refractivity contribution in [1.29, 1.82) is 0 Å². The van der Waals surface area contributed by atoms with Crippen LogP contribution in [0.2, 0.25) is 0 Å². The van der Waals surface area contributed by atoms with Gasteiger partial charge in [-0.2, -0.15) is 0 Å². The smallest absolute Gasteiger partial charge is 0.131 e. The van der Waals surface area contributed by atoms with Crippen LogP contribution in [0.3, 0.4) is 0 Å². The van der Waals surface area contributed by atoms with Gasteiger partial charge in [0.05, 0.1) is 25.4 Å². The van der Waals surface area contributed by atoms with Gasteiger partial charge in [-0.25, -0.2) is 0 Å². The minimum Gasteiger partial charge on any atom is -0.396 e. The second-order valence-electron chi connectivity index (χ2n) is 7.91. The van der Waals surface area contributed by atoms with E-state index in [9.17, 15) is 5.11 Å². The number of benzene rings is 1. The van der Waals surface area contributed by atoms with Crippen LogP contribution in [0.5, 0.6) is 0 Å². The van der Waals surface area contributed by atoms with Gasteiger partial charge in [0.15, 0.2) is 0 Å². The molecule has 0 saturated carbocycles. The van der Waals surface area contributed by atoms with Crippen LogP contribution in [-0.4, -0.2) is 40.8 Å². The number of allylic oxidation sites excluding steroid dienone is 1. The number of quaternary nitrogens is 1. The van der Waals surface area contributed by atoms with Gasteiger partial charge < -0.3 is 14.6 Å². The van der Waals surface area contributed by atoms with Crippen LogP contribution in [0.25, 0.3) is 10.9 Å². The van der Waals surface area contributed by atoms with Crippen molar-refractivity contribution in [3.63, 3.8) is 0 Å². The van der Waals surface area contributed by atoms with Gasteiger partial charge in [0, 0.05) is 35.6 Å². The van der Waals surface area contributed by atoms with Crippen molar-refractivity contribution < 1.29 is 9.59 Å². The Hall–Kier alpha value is -1.58. The highest BCUT2D eigenvalue weighted by atomic mass is 16.3. The second-order valence-corrected chi connectivity index (χ2v) is 7.91. The van der Waals surface area contributed by atoms with E-state index >= 15 is 0 Å². The van der Waals surface area contributed by atoms with E-state index in [0.717, 1.165) is 17.4 Å². The molecule has 2 aromatic rings. The molecule has 1 unspecified atom stereocenters. The predicted molar refractivity (Wildman–Crippen MR) is 92.0 cm³/mol. The highest BCUT2D eigenvalue weighted by molar-refractivity contribution is 5.85. The number of nitrogens with one attached hydrogen (secondary N) is 1. The number of aromatic nitrogens is 1. The van der Waals surface area contributed by atoms with Gasteiger partial charge in [-0.1, -0.05) is 24.3 Å². The molecule has 120 valence electrons. The first-order valence-electron chi connectivity index (χ1n) is 8.87. The van der Waals surface area contributed by atoms with E-state index in [1.807, 2.05) is 0 Å². The second kappa shape index (κ2) is 4.49. The van der Waals surface area contributed by atoms with Crippen LogP contribution in [0.1, 0.15) is 30.6 Å². The lowest BCUT2D eigenvalue weighted by Crippen LogP contribution is -2.70. The van der Waals surface area contributed by atoms with Gasteiger partial charge in [0.1, 0.15) is 12.6 Å². The molecule has 0 aliphatic carbocycles. The number of aliphatic hydroxyl groups excluding tert-OH is 1. The summed E-state index contributed by atoms with van der Waals surface area (Å²) in [6.07, 6.45) is 4.59. The molecule has 4 aliphatic heterocycles. The van der Waals surface area contributed by atoms with Crippen LogP contribution in [0.15, 0.2) is 35.9 Å². The number of nitrogens with zero attached hydrogens (tertiary/aromatic N) is 1. The van der Waals surface area contributed by atoms with E-state index in [1.165, 1.54) is 28.6 Å². The Bertz CT molecular complexity index is 820. The summed E-state index contributed by atoms with van der Waals surface area (Å²) in [5.74, 6) is 0.984. The minimum atomic E-state index is 0.324. The number of fused-ring (bicyclic) bond motifs is 4. The average Bonchev–Trinajstić information content (AvgIpc) is 2.92. The van der Waals surface area contributed by atoms with Crippen LogP contribution >= 0.6 is 0 Å². The lowest BCUT2D eigenvalue weighted by atomic mass is 9.62. The molecule has 3 saturated heterocycles. The summed E-state index contributed by atoms with van der Waals surface area (Å²) in [6, 6.07) is 9.84. The van der Waals surface area contributed by atoms with Gasteiger partial charge in [-0.15, -0.1) is 0 Å². The van der Waals surface area contributed by atoms with Crippen molar-refractivity contribution in [2.75, 3.05) is 20.2 Å². The Morgan fingerprint density at radius 1 is 1.35 bits per heavy atom. The van der Waals surface area contributed by atoms with Crippen molar-refractivity contribution >= 4 is 10.9 Å². The first-order chi connectivity index (χ1) is 11.2. The number of aliphatic hydroxyl groups is 1. The molecule has 5 heterocycles.